The van der Waals surface area contributed by atoms with Gasteiger partial charge in [-0.05, 0) is 58.3 Å². The number of carbonyl (C=O) groups is 1. The lowest BCUT2D eigenvalue weighted by molar-refractivity contribution is -0.148. The molecule has 2 aliphatic heterocycles. The molecule has 4 nitrogen and oxygen atoms in total. The molecule has 0 aromatic heterocycles. The van der Waals surface area contributed by atoms with E-state index in [4.69, 9.17) is 4.74 Å². The second kappa shape index (κ2) is 6.67. The second-order valence-electron chi connectivity index (χ2n) is 7.01. The predicted molar refractivity (Wildman–Crippen MR) is 86.9 cm³/mol. The maximum absolute atomic E-state index is 13.6. The van der Waals surface area contributed by atoms with Crippen molar-refractivity contribution in [2.24, 2.45) is 0 Å². The lowest BCUT2D eigenvalue weighted by Gasteiger charge is -2.55. The summed E-state index contributed by atoms with van der Waals surface area (Å²) in [6.07, 6.45) is 4.07. The minimum absolute atomic E-state index is 0.0933. The highest BCUT2D eigenvalue weighted by molar-refractivity contribution is 5.79. The Balaban J connectivity index is 1.69. The highest BCUT2D eigenvalue weighted by Gasteiger charge is 2.47. The molecule has 24 heavy (non-hydrogen) atoms. The highest BCUT2D eigenvalue weighted by atomic mass is 19.1. The fourth-order valence-corrected chi connectivity index (χ4v) is 4.25. The summed E-state index contributed by atoms with van der Waals surface area (Å²) in [5, 5.41) is 0. The molecule has 1 amide bonds. The molecular weight excluding hydrogens is 314 g/mol. The Morgan fingerprint density at radius 2 is 2.12 bits per heavy atom. The predicted octanol–water partition coefficient (Wildman–Crippen LogP) is 2.82. The summed E-state index contributed by atoms with van der Waals surface area (Å²) < 4.78 is 31.9. The Hall–Kier alpha value is -1.69. The summed E-state index contributed by atoms with van der Waals surface area (Å²) in [4.78, 5) is 16.9. The Bertz CT molecular complexity index is 625. The monoisotopic (exact) mass is 338 g/mol. The number of hydrogen-bond donors (Lipinski definition) is 0. The molecular formula is C18H24F2N2O2. The lowest BCUT2D eigenvalue weighted by Crippen LogP contribution is -2.67. The molecule has 0 radical (unpaired) electrons. The van der Waals surface area contributed by atoms with E-state index in [1.807, 2.05) is 4.90 Å². The standard InChI is InChI=1S/C18H24F2N2O2/c1-18-8-4-9-21(2)16(18)5-3-10-22(18)17(23)12-24-15-7-6-13(19)11-14(15)20/h6-7,11,16H,3-5,8-10,12H2,1-2H3/t16-,18-/m0/s1. The van der Waals surface area contributed by atoms with Crippen LogP contribution in [0.4, 0.5) is 8.78 Å². The number of likely N-dealkylation sites (N-methyl/N-ethyl adjacent to an activating group) is 1. The number of amides is 1. The van der Waals surface area contributed by atoms with Gasteiger partial charge in [-0.2, -0.15) is 0 Å². The largest absolute Gasteiger partial charge is 0.481 e. The van der Waals surface area contributed by atoms with Gasteiger partial charge in [-0.1, -0.05) is 0 Å². The number of halogens is 2. The number of fused-ring (bicyclic) bond motifs is 1. The highest BCUT2D eigenvalue weighted by Crippen LogP contribution is 2.38. The van der Waals surface area contributed by atoms with Crippen LogP contribution in [-0.2, 0) is 4.79 Å². The van der Waals surface area contributed by atoms with Gasteiger partial charge in [0.15, 0.2) is 18.2 Å². The topological polar surface area (TPSA) is 32.8 Å². The molecule has 0 aliphatic carbocycles. The summed E-state index contributed by atoms with van der Waals surface area (Å²) in [6.45, 7) is 3.67. The molecule has 0 saturated carbocycles. The summed E-state index contributed by atoms with van der Waals surface area (Å²) in [5.41, 5.74) is -0.201. The van der Waals surface area contributed by atoms with Crippen LogP contribution in [0, 0.1) is 11.6 Å². The van der Waals surface area contributed by atoms with Gasteiger partial charge in [0.1, 0.15) is 5.82 Å². The van der Waals surface area contributed by atoms with Gasteiger partial charge < -0.3 is 14.5 Å². The minimum Gasteiger partial charge on any atom is -0.481 e. The zero-order valence-corrected chi connectivity index (χ0v) is 14.2. The number of ether oxygens (including phenoxy) is 1. The first-order valence-electron chi connectivity index (χ1n) is 8.50. The smallest absolute Gasteiger partial charge is 0.261 e. The number of carbonyl (C=O) groups excluding carboxylic acids is 1. The van der Waals surface area contributed by atoms with Crippen LogP contribution >= 0.6 is 0 Å². The fourth-order valence-electron chi connectivity index (χ4n) is 4.25. The zero-order valence-electron chi connectivity index (χ0n) is 14.2. The van der Waals surface area contributed by atoms with E-state index in [0.29, 0.717) is 12.6 Å². The molecule has 2 fully saturated rings. The van der Waals surface area contributed by atoms with Crippen LogP contribution in [0.5, 0.6) is 5.75 Å². The molecule has 2 saturated heterocycles. The summed E-state index contributed by atoms with van der Waals surface area (Å²) in [7, 11) is 2.11. The number of piperidine rings is 2. The van der Waals surface area contributed by atoms with Gasteiger partial charge in [-0.15, -0.1) is 0 Å². The van der Waals surface area contributed by atoms with Gasteiger partial charge in [-0.25, -0.2) is 8.78 Å². The van der Waals surface area contributed by atoms with Crippen LogP contribution in [0.1, 0.15) is 32.6 Å². The molecule has 2 heterocycles. The molecule has 0 N–H and O–H groups in total. The molecule has 2 atom stereocenters. The van der Waals surface area contributed by atoms with Crippen LogP contribution in [0.25, 0.3) is 0 Å². The van der Waals surface area contributed by atoms with Gasteiger partial charge in [0.05, 0.1) is 5.54 Å². The van der Waals surface area contributed by atoms with E-state index in [9.17, 15) is 13.6 Å². The third kappa shape index (κ3) is 3.11. The maximum Gasteiger partial charge on any atom is 0.261 e. The molecule has 132 valence electrons. The average Bonchev–Trinajstić information content (AvgIpc) is 2.53. The zero-order chi connectivity index (χ0) is 17.3. The van der Waals surface area contributed by atoms with Crippen molar-refractivity contribution in [2.75, 3.05) is 26.7 Å². The van der Waals surface area contributed by atoms with E-state index >= 15 is 0 Å². The van der Waals surface area contributed by atoms with E-state index < -0.39 is 11.6 Å². The third-order valence-corrected chi connectivity index (χ3v) is 5.47. The molecule has 1 aromatic carbocycles. The first-order valence-corrected chi connectivity index (χ1v) is 8.50. The maximum atomic E-state index is 13.6. The van der Waals surface area contributed by atoms with Crippen LogP contribution in [0.15, 0.2) is 18.2 Å². The number of benzene rings is 1. The normalized spacial score (nSPS) is 27.7. The summed E-state index contributed by atoms with van der Waals surface area (Å²) in [5.74, 6) is -1.68. The Kier molecular flexibility index (Phi) is 4.76. The Labute approximate surface area is 141 Å². The molecule has 2 aliphatic rings. The lowest BCUT2D eigenvalue weighted by atomic mass is 9.76. The molecule has 0 bridgehead atoms. The van der Waals surface area contributed by atoms with Gasteiger partial charge in [-0.3, -0.25) is 4.79 Å². The van der Waals surface area contributed by atoms with Crippen LogP contribution in [-0.4, -0.2) is 54.0 Å². The van der Waals surface area contributed by atoms with Gasteiger partial charge in [0, 0.05) is 18.7 Å². The van der Waals surface area contributed by atoms with E-state index in [1.54, 1.807) is 0 Å². The number of rotatable bonds is 3. The van der Waals surface area contributed by atoms with Crippen molar-refractivity contribution in [3.05, 3.63) is 29.8 Å². The van der Waals surface area contributed by atoms with Gasteiger partial charge in [0.25, 0.3) is 5.91 Å². The van der Waals surface area contributed by atoms with E-state index in [-0.39, 0.29) is 23.8 Å². The third-order valence-electron chi connectivity index (χ3n) is 5.47. The van der Waals surface area contributed by atoms with Crippen molar-refractivity contribution in [2.45, 2.75) is 44.2 Å². The van der Waals surface area contributed by atoms with Crippen molar-refractivity contribution in [1.29, 1.82) is 0 Å². The molecule has 1 aromatic rings. The van der Waals surface area contributed by atoms with Crippen molar-refractivity contribution in [3.8, 4) is 5.75 Å². The van der Waals surface area contributed by atoms with Crippen LogP contribution in [0.2, 0.25) is 0 Å². The van der Waals surface area contributed by atoms with Gasteiger partial charge >= 0.3 is 0 Å². The Morgan fingerprint density at radius 1 is 1.33 bits per heavy atom. The van der Waals surface area contributed by atoms with E-state index in [0.717, 1.165) is 44.4 Å². The Morgan fingerprint density at radius 3 is 2.88 bits per heavy atom. The molecule has 0 unspecified atom stereocenters. The SMILES string of the molecule is CN1CCC[C@@]2(C)[C@@H]1CCCN2C(=O)COc1ccc(F)cc1F. The van der Waals surface area contributed by atoms with E-state index in [1.165, 1.54) is 6.07 Å². The van der Waals surface area contributed by atoms with Crippen molar-refractivity contribution < 1.29 is 18.3 Å². The minimum atomic E-state index is -0.789. The second-order valence-corrected chi connectivity index (χ2v) is 7.01. The fraction of sp³-hybridized carbons (Fsp3) is 0.611. The van der Waals surface area contributed by atoms with Crippen molar-refractivity contribution >= 4 is 5.91 Å². The van der Waals surface area contributed by atoms with Crippen molar-refractivity contribution in [3.63, 3.8) is 0 Å². The van der Waals surface area contributed by atoms with Crippen LogP contribution in [0.3, 0.4) is 0 Å². The van der Waals surface area contributed by atoms with Crippen LogP contribution < -0.4 is 4.74 Å². The number of likely N-dealkylation sites (tertiary alicyclic amines) is 2. The van der Waals surface area contributed by atoms with E-state index in [2.05, 4.69) is 18.9 Å². The quantitative estimate of drug-likeness (QED) is 0.850. The summed E-state index contributed by atoms with van der Waals surface area (Å²) in [6, 6.07) is 3.45. The molecule has 6 heteroatoms. The first-order chi connectivity index (χ1) is 11.4. The molecule has 0 spiro atoms. The first kappa shape index (κ1) is 17.1. The van der Waals surface area contributed by atoms with Crippen molar-refractivity contribution in [1.82, 2.24) is 9.80 Å². The molecule has 3 rings (SSSR count). The summed E-state index contributed by atoms with van der Waals surface area (Å²) >= 11 is 0. The number of hydrogen-bond acceptors (Lipinski definition) is 3. The number of nitrogens with zero attached hydrogens (tertiary/aromatic N) is 2. The average molecular weight is 338 g/mol. The van der Waals surface area contributed by atoms with Gasteiger partial charge in [0.2, 0.25) is 0 Å².